The molecule has 0 aliphatic carbocycles. The average molecular weight is 1060 g/mol. The second-order valence-electron chi connectivity index (χ2n) is 22.6. The molecular formula is C56H72N4O8S4. The van der Waals surface area contributed by atoms with Crippen molar-refractivity contribution >= 4 is 70.7 Å². The molecule has 4 aromatic carbocycles. The summed E-state index contributed by atoms with van der Waals surface area (Å²) in [5.41, 5.74) is 2.75. The van der Waals surface area contributed by atoms with Gasteiger partial charge in [0.15, 0.2) is 26.4 Å². The second kappa shape index (κ2) is 22.9. The van der Waals surface area contributed by atoms with Crippen molar-refractivity contribution in [1.29, 1.82) is 0 Å². The maximum Gasteiger partial charge on any atom is 0.257 e. The van der Waals surface area contributed by atoms with Crippen LogP contribution in [0.2, 0.25) is 0 Å². The zero-order valence-corrected chi connectivity index (χ0v) is 47.3. The van der Waals surface area contributed by atoms with Gasteiger partial charge < -0.3 is 40.2 Å². The summed E-state index contributed by atoms with van der Waals surface area (Å²) in [5, 5.41) is 12.1. The summed E-state index contributed by atoms with van der Waals surface area (Å²) in [5.74, 6) is 0.952. The van der Waals surface area contributed by atoms with Gasteiger partial charge in [-0.3, -0.25) is 19.2 Å². The van der Waals surface area contributed by atoms with Gasteiger partial charge in [0.25, 0.3) is 23.6 Å². The first kappa shape index (κ1) is 55.1. The molecule has 3 aliphatic rings. The Bertz CT molecular complexity index is 2340. The number of rotatable bonds is 0. The summed E-state index contributed by atoms with van der Waals surface area (Å²) in [7, 11) is 0. The summed E-state index contributed by atoms with van der Waals surface area (Å²) < 4.78 is 27.1. The first-order valence-electron chi connectivity index (χ1n) is 24.9. The third-order valence-electron chi connectivity index (χ3n) is 12.3. The Labute approximate surface area is 443 Å². The van der Waals surface area contributed by atoms with Gasteiger partial charge in [0, 0.05) is 26.2 Å². The third kappa shape index (κ3) is 14.3. The Balaban J connectivity index is 1.64. The molecule has 3 aliphatic heterocycles. The van der Waals surface area contributed by atoms with Crippen LogP contribution in [0.25, 0.3) is 0 Å². The molecule has 0 saturated heterocycles. The number of benzene rings is 4. The first-order valence-corrected chi connectivity index (χ1v) is 28.1. The molecule has 0 radical (unpaired) electrons. The van der Waals surface area contributed by atoms with Crippen LogP contribution in [0, 0.1) is 0 Å². The van der Waals surface area contributed by atoms with Crippen molar-refractivity contribution < 1.29 is 38.1 Å². The van der Waals surface area contributed by atoms with E-state index < -0.39 is 0 Å². The van der Waals surface area contributed by atoms with Gasteiger partial charge in [-0.1, -0.05) is 130 Å². The third-order valence-corrected chi connectivity index (χ3v) is 16.5. The van der Waals surface area contributed by atoms with Crippen molar-refractivity contribution in [2.75, 3.05) is 52.6 Å². The van der Waals surface area contributed by atoms with E-state index in [1.807, 2.05) is 0 Å². The fraction of sp³-hybridized carbons (Fsp3) is 0.500. The van der Waals surface area contributed by atoms with E-state index in [9.17, 15) is 19.2 Å². The van der Waals surface area contributed by atoms with E-state index in [2.05, 4.69) is 153 Å². The molecule has 0 atom stereocenters. The summed E-state index contributed by atoms with van der Waals surface area (Å²) in [6, 6.07) is 17.0. The van der Waals surface area contributed by atoms with Gasteiger partial charge in [0.1, 0.15) is 23.0 Å². The predicted molar refractivity (Wildman–Crippen MR) is 290 cm³/mol. The van der Waals surface area contributed by atoms with Crippen molar-refractivity contribution in [3.05, 3.63) is 70.8 Å². The summed E-state index contributed by atoms with van der Waals surface area (Å²) in [4.78, 5) is 60.5. The maximum atomic E-state index is 13.6. The summed E-state index contributed by atoms with van der Waals surface area (Å²) >= 11 is 5.86. The van der Waals surface area contributed by atoms with Crippen LogP contribution < -0.4 is 40.2 Å². The van der Waals surface area contributed by atoms with Gasteiger partial charge in [-0.25, -0.2) is 0 Å². The molecule has 0 fully saturated rings. The van der Waals surface area contributed by atoms with E-state index in [-0.39, 0.29) is 71.7 Å². The van der Waals surface area contributed by atoms with Crippen LogP contribution in [0.3, 0.4) is 0 Å². The molecule has 0 saturated carbocycles. The number of hydrogen-bond donors (Lipinski definition) is 4. The van der Waals surface area contributed by atoms with Crippen LogP contribution >= 0.6 is 47.0 Å². The molecule has 16 heteroatoms. The normalized spacial score (nSPS) is 17.3. The van der Waals surface area contributed by atoms with Gasteiger partial charge in [-0.2, -0.15) is 0 Å². The quantitative estimate of drug-likeness (QED) is 0.117. The number of carbonyl (C=O) groups excluding carboxylic acids is 4. The average Bonchev–Trinajstić information content (AvgIpc) is 3.28. The minimum Gasteiger partial charge on any atom is -0.481 e. The van der Waals surface area contributed by atoms with Gasteiger partial charge in [-0.05, 0) is 118 Å². The Morgan fingerprint density at radius 3 is 0.639 bits per heavy atom. The van der Waals surface area contributed by atoms with Crippen molar-refractivity contribution in [1.82, 2.24) is 21.3 Å². The minimum atomic E-state index is -0.337. The van der Waals surface area contributed by atoms with Crippen LogP contribution in [0.15, 0.2) is 87.7 Å². The SMILES string of the molecule is CC(C)(C)c1cc2c3c(c1)Sc1cc(C(C)(C)C)cc4c1OCC(=O)NCCCCNC(=O)COc1c(cc(C(C)(C)C)cc1Sc1cc(C(C)(C)C)cc(c1OCC(=O)NCCCCNC(=O)CO3)S2)S4. The topological polar surface area (TPSA) is 153 Å². The molecule has 7 rings (SSSR count). The molecule has 4 N–H and O–H groups in total. The zero-order valence-electron chi connectivity index (χ0n) is 44.0. The standard InChI is InChI=1S/C56H72N4O8S4/c1-53(2,3)33-21-37-49-41(25-33)71-42-26-35(55(7,8)9)23-39-51(42)67-31-47(63)59-19-15-16-20-60-48(64)32-68-52-40(70-39)24-36(56(10,11)12)28-44(52)72-43-27-34(54(4,5)6)22-38(69-37)50(43)66-30-46(62)58-18-14-13-17-57-45(61)29-65-49/h21-28H,13-20,29-32H2,1-12H3,(H,57,61)(H,58,62)(H,59,63)(H,60,64). The largest absolute Gasteiger partial charge is 0.481 e. The molecule has 388 valence electrons. The lowest BCUT2D eigenvalue weighted by atomic mass is 9.87. The lowest BCUT2D eigenvalue weighted by Gasteiger charge is -2.28. The lowest BCUT2D eigenvalue weighted by molar-refractivity contribution is -0.124. The van der Waals surface area contributed by atoms with Crippen molar-refractivity contribution in [3.63, 3.8) is 0 Å². The van der Waals surface area contributed by atoms with Gasteiger partial charge >= 0.3 is 0 Å². The Kier molecular flexibility index (Phi) is 17.5. The summed E-state index contributed by atoms with van der Waals surface area (Å²) in [6.45, 7) is 26.7. The highest BCUT2D eigenvalue weighted by molar-refractivity contribution is 8.01. The maximum absolute atomic E-state index is 13.6. The Morgan fingerprint density at radius 1 is 0.319 bits per heavy atom. The highest BCUT2D eigenvalue weighted by atomic mass is 32.2. The van der Waals surface area contributed by atoms with E-state index in [0.29, 0.717) is 74.9 Å². The molecule has 72 heavy (non-hydrogen) atoms. The Morgan fingerprint density at radius 2 is 0.486 bits per heavy atom. The predicted octanol–water partition coefficient (Wildman–Crippen LogP) is 11.4. The highest BCUT2D eigenvalue weighted by Gasteiger charge is 2.31. The van der Waals surface area contributed by atoms with Crippen LogP contribution in [-0.4, -0.2) is 76.2 Å². The Hall–Kier alpha value is -4.64. The fourth-order valence-electron chi connectivity index (χ4n) is 7.85. The molecule has 3 heterocycles. The van der Waals surface area contributed by atoms with Crippen molar-refractivity contribution in [2.45, 2.75) is 170 Å². The number of ether oxygens (including phenoxy) is 4. The van der Waals surface area contributed by atoms with Gasteiger partial charge in [-0.15, -0.1) is 0 Å². The van der Waals surface area contributed by atoms with Crippen molar-refractivity contribution in [2.24, 2.45) is 0 Å². The van der Waals surface area contributed by atoms with E-state index >= 15 is 0 Å². The highest BCUT2D eigenvalue weighted by Crippen LogP contribution is 2.56. The fourth-order valence-corrected chi connectivity index (χ4v) is 12.6. The van der Waals surface area contributed by atoms with Crippen LogP contribution in [0.5, 0.6) is 23.0 Å². The van der Waals surface area contributed by atoms with Gasteiger partial charge in [0.05, 0.1) is 39.2 Å². The van der Waals surface area contributed by atoms with E-state index in [0.717, 1.165) is 61.4 Å². The van der Waals surface area contributed by atoms with Gasteiger partial charge in [0.2, 0.25) is 0 Å². The molecule has 4 amide bonds. The molecule has 0 aromatic heterocycles. The molecule has 4 aromatic rings. The molecular weight excluding hydrogens is 985 g/mol. The first-order chi connectivity index (χ1) is 33.8. The van der Waals surface area contributed by atoms with Crippen LogP contribution in [-0.2, 0) is 40.8 Å². The van der Waals surface area contributed by atoms with E-state index in [4.69, 9.17) is 18.9 Å². The molecule has 0 spiro atoms. The smallest absolute Gasteiger partial charge is 0.257 e. The monoisotopic (exact) mass is 1060 g/mol. The van der Waals surface area contributed by atoms with Crippen molar-refractivity contribution in [3.8, 4) is 23.0 Å². The summed E-state index contributed by atoms with van der Waals surface area (Å²) in [6.07, 6.45) is 2.62. The van der Waals surface area contributed by atoms with Crippen LogP contribution in [0.1, 0.15) is 131 Å². The molecule has 12 nitrogen and oxygen atoms in total. The number of amides is 4. The number of hydrogen-bond acceptors (Lipinski definition) is 12. The van der Waals surface area contributed by atoms with E-state index in [1.165, 1.54) is 47.0 Å². The second-order valence-corrected chi connectivity index (χ2v) is 26.9. The number of nitrogens with one attached hydrogen (secondary N) is 4. The minimum absolute atomic E-state index is 0.239. The molecule has 0 unspecified atom stereocenters. The van der Waals surface area contributed by atoms with E-state index in [1.54, 1.807) is 0 Å². The molecule has 12 bridgehead atoms. The lowest BCUT2D eigenvalue weighted by Crippen LogP contribution is -2.32. The van der Waals surface area contributed by atoms with Crippen LogP contribution in [0.4, 0.5) is 0 Å². The zero-order chi connectivity index (χ0) is 52.2. The number of carbonyl (C=O) groups is 4.